The Labute approximate surface area is 140 Å². The molecule has 1 N–H and O–H groups in total. The normalized spacial score (nSPS) is 17.5. The van der Waals surface area contributed by atoms with E-state index < -0.39 is 0 Å². The standard InChI is InChI=1S/C19H19N3O2/c23-13-18-8-10-22-17(7-9-20-22)12-21(18)19(24)16-6-5-14-3-1-2-4-15(14)11-16/h1-7,9,11,18,23H,8,10,12-13H2/t18-/m0/s1. The van der Waals surface area contributed by atoms with Gasteiger partial charge in [0.25, 0.3) is 5.91 Å². The lowest BCUT2D eigenvalue weighted by atomic mass is 10.0. The van der Waals surface area contributed by atoms with Crippen molar-refractivity contribution in [1.29, 1.82) is 0 Å². The Hall–Kier alpha value is -2.66. The maximum atomic E-state index is 13.1. The Balaban J connectivity index is 1.69. The largest absolute Gasteiger partial charge is 0.394 e. The number of hydrogen-bond acceptors (Lipinski definition) is 3. The molecule has 0 spiro atoms. The van der Waals surface area contributed by atoms with Crippen LogP contribution in [-0.2, 0) is 13.1 Å². The van der Waals surface area contributed by atoms with Crippen LogP contribution in [0.2, 0.25) is 0 Å². The highest BCUT2D eigenvalue weighted by molar-refractivity contribution is 5.98. The molecule has 0 saturated carbocycles. The SMILES string of the molecule is O=C(c1ccc2ccccc2c1)N1Cc2ccnn2CC[C@H]1CO. The summed E-state index contributed by atoms with van der Waals surface area (Å²) < 4.78 is 1.91. The molecule has 2 heterocycles. The van der Waals surface area contributed by atoms with Crippen molar-refractivity contribution in [2.75, 3.05) is 6.61 Å². The molecule has 0 saturated heterocycles. The van der Waals surface area contributed by atoms with Gasteiger partial charge in [0.15, 0.2) is 0 Å². The maximum absolute atomic E-state index is 13.1. The number of aliphatic hydroxyl groups is 1. The average Bonchev–Trinajstić information content (AvgIpc) is 3.00. The van der Waals surface area contributed by atoms with Crippen LogP contribution in [0.15, 0.2) is 54.7 Å². The van der Waals surface area contributed by atoms with Crippen molar-refractivity contribution in [3.63, 3.8) is 0 Å². The molecule has 0 fully saturated rings. The zero-order valence-corrected chi connectivity index (χ0v) is 13.3. The second kappa shape index (κ2) is 6.09. The monoisotopic (exact) mass is 321 g/mol. The third-order valence-corrected chi connectivity index (χ3v) is 4.72. The van der Waals surface area contributed by atoms with Gasteiger partial charge in [0.05, 0.1) is 24.9 Å². The molecule has 4 rings (SSSR count). The molecule has 1 amide bonds. The summed E-state index contributed by atoms with van der Waals surface area (Å²) in [6, 6.07) is 15.5. The van der Waals surface area contributed by atoms with Gasteiger partial charge in [0.2, 0.25) is 0 Å². The van der Waals surface area contributed by atoms with Gasteiger partial charge in [-0.1, -0.05) is 30.3 Å². The number of carbonyl (C=O) groups is 1. The van der Waals surface area contributed by atoms with Crippen molar-refractivity contribution in [3.8, 4) is 0 Å². The molecule has 5 heteroatoms. The van der Waals surface area contributed by atoms with Gasteiger partial charge in [-0.3, -0.25) is 9.48 Å². The van der Waals surface area contributed by atoms with Crippen molar-refractivity contribution >= 4 is 16.7 Å². The number of amides is 1. The molecule has 122 valence electrons. The summed E-state index contributed by atoms with van der Waals surface area (Å²) >= 11 is 0. The van der Waals surface area contributed by atoms with Crippen LogP contribution >= 0.6 is 0 Å². The molecule has 1 atom stereocenters. The predicted octanol–water partition coefficient (Wildman–Crippen LogP) is 2.44. The number of nitrogens with zero attached hydrogens (tertiary/aromatic N) is 3. The second-order valence-electron chi connectivity index (χ2n) is 6.17. The highest BCUT2D eigenvalue weighted by Crippen LogP contribution is 2.22. The lowest BCUT2D eigenvalue weighted by Crippen LogP contribution is -2.41. The van der Waals surface area contributed by atoms with Gasteiger partial charge in [0.1, 0.15) is 0 Å². The van der Waals surface area contributed by atoms with E-state index in [0.29, 0.717) is 18.5 Å². The molecule has 5 nitrogen and oxygen atoms in total. The zero-order valence-electron chi connectivity index (χ0n) is 13.3. The molecular weight excluding hydrogens is 302 g/mol. The minimum atomic E-state index is -0.189. The van der Waals surface area contributed by atoms with Gasteiger partial charge in [0, 0.05) is 18.3 Å². The molecule has 1 aliphatic heterocycles. The van der Waals surface area contributed by atoms with Gasteiger partial charge in [-0.15, -0.1) is 0 Å². The lowest BCUT2D eigenvalue weighted by molar-refractivity contribution is 0.0568. The fraction of sp³-hybridized carbons (Fsp3) is 0.263. The summed E-state index contributed by atoms with van der Waals surface area (Å²) in [7, 11) is 0. The molecule has 24 heavy (non-hydrogen) atoms. The van der Waals surface area contributed by atoms with Gasteiger partial charge in [-0.25, -0.2) is 0 Å². The van der Waals surface area contributed by atoms with Crippen LogP contribution in [-0.4, -0.2) is 38.3 Å². The number of fused-ring (bicyclic) bond motifs is 2. The van der Waals surface area contributed by atoms with Crippen LogP contribution in [0.5, 0.6) is 0 Å². The fourth-order valence-electron chi connectivity index (χ4n) is 3.34. The molecule has 0 unspecified atom stereocenters. The van der Waals surface area contributed by atoms with E-state index in [0.717, 1.165) is 23.0 Å². The van der Waals surface area contributed by atoms with Crippen LogP contribution in [0.1, 0.15) is 22.5 Å². The van der Waals surface area contributed by atoms with Crippen molar-refractivity contribution in [3.05, 3.63) is 66.0 Å². The van der Waals surface area contributed by atoms with E-state index in [1.54, 1.807) is 11.1 Å². The van der Waals surface area contributed by atoms with Crippen molar-refractivity contribution in [1.82, 2.24) is 14.7 Å². The first-order chi connectivity index (χ1) is 11.8. The van der Waals surface area contributed by atoms with Gasteiger partial charge in [-0.2, -0.15) is 5.10 Å². The highest BCUT2D eigenvalue weighted by Gasteiger charge is 2.28. The highest BCUT2D eigenvalue weighted by atomic mass is 16.3. The van der Waals surface area contributed by atoms with E-state index >= 15 is 0 Å². The minimum absolute atomic E-state index is 0.0375. The summed E-state index contributed by atoms with van der Waals surface area (Å²) in [5.41, 5.74) is 1.65. The van der Waals surface area contributed by atoms with Crippen LogP contribution in [0, 0.1) is 0 Å². The predicted molar refractivity (Wildman–Crippen MR) is 91.5 cm³/mol. The summed E-state index contributed by atoms with van der Waals surface area (Å²) in [5, 5.41) is 16.2. The van der Waals surface area contributed by atoms with Crippen LogP contribution in [0.25, 0.3) is 10.8 Å². The van der Waals surface area contributed by atoms with Gasteiger partial charge in [-0.05, 0) is 35.4 Å². The third-order valence-electron chi connectivity index (χ3n) is 4.72. The Morgan fingerprint density at radius 2 is 2.00 bits per heavy atom. The topological polar surface area (TPSA) is 58.4 Å². The van der Waals surface area contributed by atoms with E-state index in [1.165, 1.54) is 0 Å². The third kappa shape index (κ3) is 2.57. The first-order valence-corrected chi connectivity index (χ1v) is 8.17. The van der Waals surface area contributed by atoms with Gasteiger partial charge >= 0.3 is 0 Å². The molecule has 1 aliphatic rings. The van der Waals surface area contributed by atoms with E-state index in [9.17, 15) is 9.90 Å². The number of rotatable bonds is 2. The summed E-state index contributed by atoms with van der Waals surface area (Å²) in [6.07, 6.45) is 2.46. The van der Waals surface area contributed by atoms with Crippen LogP contribution in [0.3, 0.4) is 0 Å². The summed E-state index contributed by atoms with van der Waals surface area (Å²) in [4.78, 5) is 14.9. The molecule has 3 aromatic rings. The molecule has 2 aromatic carbocycles. The van der Waals surface area contributed by atoms with E-state index in [1.807, 2.05) is 53.2 Å². The van der Waals surface area contributed by atoms with E-state index in [4.69, 9.17) is 0 Å². The Bertz CT molecular complexity index is 887. The number of aliphatic hydroxyl groups excluding tert-OH is 1. The van der Waals surface area contributed by atoms with Crippen molar-refractivity contribution < 1.29 is 9.90 Å². The molecule has 0 aliphatic carbocycles. The average molecular weight is 321 g/mol. The minimum Gasteiger partial charge on any atom is -0.394 e. The summed E-state index contributed by atoms with van der Waals surface area (Å²) in [5.74, 6) is -0.0468. The quantitative estimate of drug-likeness (QED) is 0.789. The lowest BCUT2D eigenvalue weighted by Gasteiger charge is -2.28. The second-order valence-corrected chi connectivity index (χ2v) is 6.17. The number of hydrogen-bond donors (Lipinski definition) is 1. The molecule has 1 aromatic heterocycles. The molecule has 0 bridgehead atoms. The Morgan fingerprint density at radius 1 is 1.17 bits per heavy atom. The Morgan fingerprint density at radius 3 is 2.83 bits per heavy atom. The van der Waals surface area contributed by atoms with Crippen molar-refractivity contribution in [2.45, 2.75) is 25.6 Å². The Kier molecular flexibility index (Phi) is 3.78. The summed E-state index contributed by atoms with van der Waals surface area (Å²) in [6.45, 7) is 1.15. The maximum Gasteiger partial charge on any atom is 0.254 e. The van der Waals surface area contributed by atoms with Crippen molar-refractivity contribution in [2.24, 2.45) is 0 Å². The number of aryl methyl sites for hydroxylation is 1. The molecular formula is C19H19N3O2. The first-order valence-electron chi connectivity index (χ1n) is 8.17. The number of benzene rings is 2. The first kappa shape index (κ1) is 14.9. The molecule has 0 radical (unpaired) electrons. The van der Waals surface area contributed by atoms with E-state index in [2.05, 4.69) is 5.10 Å². The van der Waals surface area contributed by atoms with Crippen LogP contribution in [0.4, 0.5) is 0 Å². The zero-order chi connectivity index (χ0) is 16.5. The number of aromatic nitrogens is 2. The van der Waals surface area contributed by atoms with Gasteiger partial charge < -0.3 is 10.0 Å². The van der Waals surface area contributed by atoms with E-state index in [-0.39, 0.29) is 18.6 Å². The van der Waals surface area contributed by atoms with Crippen LogP contribution < -0.4 is 0 Å². The number of carbonyl (C=O) groups excluding carboxylic acids is 1. The fourth-order valence-corrected chi connectivity index (χ4v) is 3.34. The smallest absolute Gasteiger partial charge is 0.254 e.